The van der Waals surface area contributed by atoms with E-state index >= 15 is 0 Å². The number of urea groups is 1. The van der Waals surface area contributed by atoms with Crippen LogP contribution in [-0.4, -0.2) is 53.6 Å². The van der Waals surface area contributed by atoms with Crippen LogP contribution in [0, 0.1) is 5.92 Å². The van der Waals surface area contributed by atoms with E-state index in [4.69, 9.17) is 5.11 Å². The molecular formula is C14H25N3O4. The normalized spacial score (nSPS) is 15.9. The molecule has 7 nitrogen and oxygen atoms in total. The zero-order valence-corrected chi connectivity index (χ0v) is 12.7. The van der Waals surface area contributed by atoms with E-state index in [2.05, 4.69) is 10.6 Å². The molecule has 0 aromatic heterocycles. The molecule has 1 fully saturated rings. The van der Waals surface area contributed by atoms with Gasteiger partial charge < -0.3 is 20.6 Å². The van der Waals surface area contributed by atoms with E-state index in [9.17, 15) is 14.4 Å². The number of carboxylic acids is 1. The van der Waals surface area contributed by atoms with Crippen molar-refractivity contribution in [2.45, 2.75) is 45.6 Å². The van der Waals surface area contributed by atoms with Crippen molar-refractivity contribution in [2.24, 2.45) is 5.92 Å². The van der Waals surface area contributed by atoms with Crippen molar-refractivity contribution >= 4 is 17.9 Å². The molecule has 0 spiro atoms. The van der Waals surface area contributed by atoms with Gasteiger partial charge in [0.2, 0.25) is 5.91 Å². The Bertz CT molecular complexity index is 378. The number of nitrogens with one attached hydrogen (secondary N) is 2. The summed E-state index contributed by atoms with van der Waals surface area (Å²) in [6.45, 7) is 5.59. The van der Waals surface area contributed by atoms with Gasteiger partial charge in [0.1, 0.15) is 6.04 Å². The van der Waals surface area contributed by atoms with Gasteiger partial charge in [0.05, 0.1) is 0 Å². The summed E-state index contributed by atoms with van der Waals surface area (Å²) in [5.74, 6) is -0.847. The highest BCUT2D eigenvalue weighted by Crippen LogP contribution is 2.08. The summed E-state index contributed by atoms with van der Waals surface area (Å²) in [7, 11) is 0. The number of carbonyl (C=O) groups excluding carboxylic acids is 2. The fraction of sp³-hybridized carbons (Fsp3) is 0.786. The molecule has 1 saturated heterocycles. The number of rotatable bonds is 7. The summed E-state index contributed by atoms with van der Waals surface area (Å²) < 4.78 is 0. The highest BCUT2D eigenvalue weighted by Gasteiger charge is 2.21. The van der Waals surface area contributed by atoms with Gasteiger partial charge >= 0.3 is 12.0 Å². The minimum Gasteiger partial charge on any atom is -0.480 e. The molecule has 7 heteroatoms. The van der Waals surface area contributed by atoms with Gasteiger partial charge in [-0.25, -0.2) is 9.59 Å². The lowest BCUT2D eigenvalue weighted by Gasteiger charge is -2.18. The SMILES string of the molecule is CC(C)C[C@H](NC(=O)NCCC(=O)N1CCCC1)C(=O)O. The standard InChI is InChI=1S/C14H25N3O4/c1-10(2)9-11(13(19)20)16-14(21)15-6-5-12(18)17-7-3-4-8-17/h10-11H,3-9H2,1-2H3,(H,19,20)(H2,15,16,21)/t11-/m0/s1. The van der Waals surface area contributed by atoms with Gasteiger partial charge in [-0.3, -0.25) is 4.79 Å². The van der Waals surface area contributed by atoms with Gasteiger partial charge in [0.15, 0.2) is 0 Å². The minimum atomic E-state index is -1.05. The largest absolute Gasteiger partial charge is 0.480 e. The first kappa shape index (κ1) is 17.3. The molecule has 120 valence electrons. The smallest absolute Gasteiger partial charge is 0.326 e. The number of aliphatic carboxylic acids is 1. The predicted octanol–water partition coefficient (Wildman–Crippen LogP) is 0.797. The van der Waals surface area contributed by atoms with E-state index < -0.39 is 18.0 Å². The molecule has 0 aromatic carbocycles. The number of amides is 3. The van der Waals surface area contributed by atoms with Crippen molar-refractivity contribution < 1.29 is 19.5 Å². The Kier molecular flexibility index (Phi) is 6.98. The molecule has 1 atom stereocenters. The van der Waals surface area contributed by atoms with Gasteiger partial charge in [-0.15, -0.1) is 0 Å². The molecule has 0 aliphatic carbocycles. The number of carboxylic acid groups (broad SMARTS) is 1. The Morgan fingerprint density at radius 2 is 1.81 bits per heavy atom. The monoisotopic (exact) mass is 299 g/mol. The van der Waals surface area contributed by atoms with Crippen molar-refractivity contribution in [1.82, 2.24) is 15.5 Å². The number of carbonyl (C=O) groups is 3. The Morgan fingerprint density at radius 3 is 2.33 bits per heavy atom. The lowest BCUT2D eigenvalue weighted by Crippen LogP contribution is -2.47. The van der Waals surface area contributed by atoms with E-state index in [1.165, 1.54) is 0 Å². The van der Waals surface area contributed by atoms with E-state index in [-0.39, 0.29) is 24.8 Å². The van der Waals surface area contributed by atoms with Crippen LogP contribution in [0.1, 0.15) is 39.5 Å². The van der Waals surface area contributed by atoms with Crippen molar-refractivity contribution in [3.8, 4) is 0 Å². The molecule has 3 N–H and O–H groups in total. The summed E-state index contributed by atoms with van der Waals surface area (Å²) in [4.78, 5) is 36.2. The van der Waals surface area contributed by atoms with Crippen LogP contribution in [0.5, 0.6) is 0 Å². The molecular weight excluding hydrogens is 274 g/mol. The fourth-order valence-electron chi connectivity index (χ4n) is 2.31. The maximum absolute atomic E-state index is 11.8. The molecule has 1 aliphatic rings. The second-order valence-electron chi connectivity index (χ2n) is 5.76. The van der Waals surface area contributed by atoms with Gasteiger partial charge in [-0.2, -0.15) is 0 Å². The lowest BCUT2D eigenvalue weighted by atomic mass is 10.0. The van der Waals surface area contributed by atoms with Crippen LogP contribution in [0.4, 0.5) is 4.79 Å². The third-order valence-corrected chi connectivity index (χ3v) is 3.39. The van der Waals surface area contributed by atoms with Crippen molar-refractivity contribution in [3.05, 3.63) is 0 Å². The van der Waals surface area contributed by atoms with Crippen LogP contribution < -0.4 is 10.6 Å². The van der Waals surface area contributed by atoms with E-state index in [1.54, 1.807) is 4.90 Å². The first-order valence-corrected chi connectivity index (χ1v) is 7.45. The molecule has 0 unspecified atom stereocenters. The Balaban J connectivity index is 2.25. The topological polar surface area (TPSA) is 98.7 Å². The van der Waals surface area contributed by atoms with Crippen LogP contribution in [0.2, 0.25) is 0 Å². The first-order chi connectivity index (χ1) is 9.90. The summed E-state index contributed by atoms with van der Waals surface area (Å²) in [6, 6.07) is -1.45. The van der Waals surface area contributed by atoms with Crippen molar-refractivity contribution in [3.63, 3.8) is 0 Å². The highest BCUT2D eigenvalue weighted by molar-refractivity contribution is 5.83. The van der Waals surface area contributed by atoms with Crippen molar-refractivity contribution in [2.75, 3.05) is 19.6 Å². The predicted molar refractivity (Wildman–Crippen MR) is 77.8 cm³/mol. The Labute approximate surface area is 125 Å². The molecule has 3 amide bonds. The maximum Gasteiger partial charge on any atom is 0.326 e. The fourth-order valence-corrected chi connectivity index (χ4v) is 2.31. The van der Waals surface area contributed by atoms with Gasteiger partial charge in [0.25, 0.3) is 0 Å². The zero-order valence-electron chi connectivity index (χ0n) is 12.7. The maximum atomic E-state index is 11.8. The molecule has 0 radical (unpaired) electrons. The van der Waals surface area contributed by atoms with Crippen LogP contribution in [-0.2, 0) is 9.59 Å². The number of likely N-dealkylation sites (tertiary alicyclic amines) is 1. The molecule has 1 rings (SSSR count). The second-order valence-corrected chi connectivity index (χ2v) is 5.76. The van der Waals surface area contributed by atoms with Crippen molar-refractivity contribution in [1.29, 1.82) is 0 Å². The van der Waals surface area contributed by atoms with Gasteiger partial charge in [0, 0.05) is 26.1 Å². The summed E-state index contributed by atoms with van der Waals surface area (Å²) in [5, 5.41) is 14.0. The minimum absolute atomic E-state index is 0.0322. The summed E-state index contributed by atoms with van der Waals surface area (Å²) in [6.07, 6.45) is 2.69. The van der Waals surface area contributed by atoms with Crippen LogP contribution in [0.15, 0.2) is 0 Å². The Hall–Kier alpha value is -1.79. The molecule has 0 aromatic rings. The Morgan fingerprint density at radius 1 is 1.19 bits per heavy atom. The van der Waals surface area contributed by atoms with E-state index in [1.807, 2.05) is 13.8 Å². The van der Waals surface area contributed by atoms with Crippen LogP contribution in [0.25, 0.3) is 0 Å². The second kappa shape index (κ2) is 8.49. The summed E-state index contributed by atoms with van der Waals surface area (Å²) >= 11 is 0. The third-order valence-electron chi connectivity index (χ3n) is 3.39. The average molecular weight is 299 g/mol. The van der Waals surface area contributed by atoms with E-state index in [0.717, 1.165) is 25.9 Å². The molecule has 0 bridgehead atoms. The zero-order chi connectivity index (χ0) is 15.8. The quantitative estimate of drug-likeness (QED) is 0.647. The van der Waals surface area contributed by atoms with Gasteiger partial charge in [-0.05, 0) is 25.2 Å². The lowest BCUT2D eigenvalue weighted by molar-refractivity contribution is -0.139. The third kappa shape index (κ3) is 6.46. The summed E-state index contributed by atoms with van der Waals surface area (Å²) in [5.41, 5.74) is 0. The average Bonchev–Trinajstić information content (AvgIpc) is 2.91. The molecule has 1 heterocycles. The number of hydrogen-bond acceptors (Lipinski definition) is 3. The highest BCUT2D eigenvalue weighted by atomic mass is 16.4. The molecule has 1 aliphatic heterocycles. The first-order valence-electron chi connectivity index (χ1n) is 7.45. The molecule has 0 saturated carbocycles. The number of nitrogens with zero attached hydrogens (tertiary/aromatic N) is 1. The number of hydrogen-bond donors (Lipinski definition) is 3. The molecule has 21 heavy (non-hydrogen) atoms. The van der Waals surface area contributed by atoms with Crippen LogP contribution in [0.3, 0.4) is 0 Å². The van der Waals surface area contributed by atoms with E-state index in [0.29, 0.717) is 6.42 Å². The van der Waals surface area contributed by atoms with Crippen LogP contribution >= 0.6 is 0 Å². The van der Waals surface area contributed by atoms with Gasteiger partial charge in [-0.1, -0.05) is 13.8 Å².